The highest BCUT2D eigenvalue weighted by Crippen LogP contribution is 2.32. The molecule has 6 heteroatoms. The summed E-state index contributed by atoms with van der Waals surface area (Å²) in [6.07, 6.45) is 3.99. The van der Waals surface area contributed by atoms with Crippen LogP contribution in [0.1, 0.15) is 30.5 Å². The molecule has 23 heavy (non-hydrogen) atoms. The van der Waals surface area contributed by atoms with Crippen molar-refractivity contribution in [3.8, 4) is 0 Å². The van der Waals surface area contributed by atoms with Crippen LogP contribution in [0, 0.1) is 5.92 Å². The molecule has 1 aromatic rings. The Bertz CT molecular complexity index is 614. The maximum atomic E-state index is 12.2. The quantitative estimate of drug-likeness (QED) is 0.880. The number of benzene rings is 1. The van der Waals surface area contributed by atoms with Crippen LogP contribution < -0.4 is 10.6 Å². The monoisotopic (exact) mass is 335 g/mol. The number of fused-ring (bicyclic) bond motifs is 1. The van der Waals surface area contributed by atoms with Gasteiger partial charge in [0, 0.05) is 38.7 Å². The Morgan fingerprint density at radius 1 is 1.30 bits per heavy atom. The van der Waals surface area contributed by atoms with Crippen LogP contribution in [0.5, 0.6) is 0 Å². The van der Waals surface area contributed by atoms with Crippen molar-refractivity contribution < 1.29 is 9.59 Å². The van der Waals surface area contributed by atoms with Gasteiger partial charge in [0.25, 0.3) is 0 Å². The normalized spacial score (nSPS) is 19.3. The van der Waals surface area contributed by atoms with E-state index in [0.717, 1.165) is 24.2 Å². The lowest BCUT2D eigenvalue weighted by Crippen LogP contribution is -2.48. The van der Waals surface area contributed by atoms with Gasteiger partial charge in [-0.05, 0) is 17.2 Å². The Kier molecular flexibility index (Phi) is 5.80. The molecule has 2 N–H and O–H groups in total. The Morgan fingerprint density at radius 2 is 2.04 bits per heavy atom. The van der Waals surface area contributed by atoms with Crippen LogP contribution in [-0.4, -0.2) is 36.3 Å². The molecule has 2 aliphatic heterocycles. The Balaban J connectivity index is 0.00000192. The van der Waals surface area contributed by atoms with E-state index in [9.17, 15) is 9.59 Å². The molecule has 1 unspecified atom stereocenters. The van der Waals surface area contributed by atoms with Gasteiger partial charge < -0.3 is 15.5 Å². The summed E-state index contributed by atoms with van der Waals surface area (Å²) in [4.78, 5) is 25.7. The van der Waals surface area contributed by atoms with E-state index in [1.165, 1.54) is 6.92 Å². The van der Waals surface area contributed by atoms with Crippen LogP contribution in [0.15, 0.2) is 30.5 Å². The van der Waals surface area contributed by atoms with Crippen molar-refractivity contribution in [2.45, 2.75) is 19.4 Å². The van der Waals surface area contributed by atoms with Crippen molar-refractivity contribution in [2.75, 3.05) is 19.6 Å². The predicted molar refractivity (Wildman–Crippen MR) is 92.0 cm³/mol. The number of nitrogens with zero attached hydrogens (tertiary/aromatic N) is 1. The smallest absolute Gasteiger partial charge is 0.223 e. The molecule has 2 heterocycles. The van der Waals surface area contributed by atoms with Gasteiger partial charge >= 0.3 is 0 Å². The second-order valence-electron chi connectivity index (χ2n) is 5.92. The first-order valence-electron chi connectivity index (χ1n) is 7.68. The highest BCUT2D eigenvalue weighted by molar-refractivity contribution is 5.85. The molecule has 2 amide bonds. The van der Waals surface area contributed by atoms with Crippen LogP contribution in [0.25, 0.3) is 6.08 Å². The molecule has 0 spiro atoms. The minimum absolute atomic E-state index is 0. The molecule has 0 aliphatic carbocycles. The summed E-state index contributed by atoms with van der Waals surface area (Å²) in [6.45, 7) is 4.17. The minimum atomic E-state index is -0.224. The molecule has 1 atom stereocenters. The van der Waals surface area contributed by atoms with Crippen molar-refractivity contribution in [1.82, 2.24) is 15.5 Å². The van der Waals surface area contributed by atoms with E-state index >= 15 is 0 Å². The number of rotatable bonds is 4. The molecular weight excluding hydrogens is 314 g/mol. The third kappa shape index (κ3) is 3.92. The SMILES string of the molecule is CC(=O)N1C=Cc2ccccc2C1CC(=O)NCC1CNC1.Cl. The van der Waals surface area contributed by atoms with Crippen molar-refractivity contribution in [3.05, 3.63) is 41.6 Å². The highest BCUT2D eigenvalue weighted by atomic mass is 35.5. The molecule has 0 saturated carbocycles. The topological polar surface area (TPSA) is 61.4 Å². The van der Waals surface area contributed by atoms with E-state index < -0.39 is 0 Å². The average Bonchev–Trinajstić information content (AvgIpc) is 2.45. The first kappa shape index (κ1) is 17.5. The number of carbonyl (C=O) groups excluding carboxylic acids is 2. The fourth-order valence-electron chi connectivity index (χ4n) is 2.91. The second-order valence-corrected chi connectivity index (χ2v) is 5.92. The lowest BCUT2D eigenvalue weighted by molar-refractivity contribution is -0.130. The second kappa shape index (κ2) is 7.62. The van der Waals surface area contributed by atoms with Crippen LogP contribution in [0.4, 0.5) is 0 Å². The largest absolute Gasteiger partial charge is 0.356 e. The van der Waals surface area contributed by atoms with Gasteiger partial charge in [-0.2, -0.15) is 0 Å². The molecule has 0 aromatic heterocycles. The fraction of sp³-hybridized carbons (Fsp3) is 0.412. The first-order valence-corrected chi connectivity index (χ1v) is 7.68. The fourth-order valence-corrected chi connectivity index (χ4v) is 2.91. The van der Waals surface area contributed by atoms with E-state index in [-0.39, 0.29) is 30.3 Å². The number of hydrogen-bond donors (Lipinski definition) is 2. The molecule has 124 valence electrons. The first-order chi connectivity index (χ1) is 10.6. The zero-order chi connectivity index (χ0) is 15.5. The van der Waals surface area contributed by atoms with Gasteiger partial charge in [-0.15, -0.1) is 12.4 Å². The molecule has 0 radical (unpaired) electrons. The van der Waals surface area contributed by atoms with E-state index in [2.05, 4.69) is 10.6 Å². The summed E-state index contributed by atoms with van der Waals surface area (Å²) in [6, 6.07) is 7.68. The Morgan fingerprint density at radius 3 is 2.70 bits per heavy atom. The van der Waals surface area contributed by atoms with E-state index in [1.54, 1.807) is 11.1 Å². The molecule has 0 bridgehead atoms. The van der Waals surface area contributed by atoms with Crippen LogP contribution in [-0.2, 0) is 9.59 Å². The summed E-state index contributed by atoms with van der Waals surface area (Å²) < 4.78 is 0. The maximum absolute atomic E-state index is 12.2. The van der Waals surface area contributed by atoms with Gasteiger partial charge in [0.1, 0.15) is 0 Å². The van der Waals surface area contributed by atoms with Gasteiger partial charge in [-0.1, -0.05) is 24.3 Å². The van der Waals surface area contributed by atoms with Crippen LogP contribution in [0.2, 0.25) is 0 Å². The number of amides is 2. The maximum Gasteiger partial charge on any atom is 0.223 e. The summed E-state index contributed by atoms with van der Waals surface area (Å²) in [5, 5.41) is 6.17. The number of halogens is 1. The van der Waals surface area contributed by atoms with Gasteiger partial charge in [0.05, 0.1) is 12.5 Å². The predicted octanol–water partition coefficient (Wildman–Crippen LogP) is 1.71. The van der Waals surface area contributed by atoms with Gasteiger partial charge in [-0.25, -0.2) is 0 Å². The highest BCUT2D eigenvalue weighted by Gasteiger charge is 2.28. The Labute approximate surface area is 142 Å². The molecule has 1 fully saturated rings. The molecular formula is C17H22ClN3O2. The lowest BCUT2D eigenvalue weighted by atomic mass is 9.93. The van der Waals surface area contributed by atoms with E-state index in [4.69, 9.17) is 0 Å². The van der Waals surface area contributed by atoms with E-state index in [1.807, 2.05) is 30.3 Å². The van der Waals surface area contributed by atoms with Gasteiger partial charge in [-0.3, -0.25) is 9.59 Å². The molecule has 3 rings (SSSR count). The van der Waals surface area contributed by atoms with Crippen molar-refractivity contribution in [1.29, 1.82) is 0 Å². The van der Waals surface area contributed by atoms with E-state index in [0.29, 0.717) is 18.9 Å². The summed E-state index contributed by atoms with van der Waals surface area (Å²) >= 11 is 0. The van der Waals surface area contributed by atoms with Crippen molar-refractivity contribution >= 4 is 30.3 Å². The molecule has 1 aromatic carbocycles. The summed E-state index contributed by atoms with van der Waals surface area (Å²) in [7, 11) is 0. The summed E-state index contributed by atoms with van der Waals surface area (Å²) in [5.74, 6) is 0.478. The number of nitrogens with one attached hydrogen (secondary N) is 2. The average molecular weight is 336 g/mol. The van der Waals surface area contributed by atoms with Gasteiger partial charge in [0.2, 0.25) is 11.8 Å². The summed E-state index contributed by atoms with van der Waals surface area (Å²) in [5.41, 5.74) is 2.10. The third-order valence-electron chi connectivity index (χ3n) is 4.30. The zero-order valence-electron chi connectivity index (χ0n) is 13.1. The zero-order valence-corrected chi connectivity index (χ0v) is 13.9. The molecule has 5 nitrogen and oxygen atoms in total. The Hall–Kier alpha value is -1.85. The van der Waals surface area contributed by atoms with Gasteiger partial charge in [0.15, 0.2) is 0 Å². The van der Waals surface area contributed by atoms with Crippen molar-refractivity contribution in [2.24, 2.45) is 5.92 Å². The lowest BCUT2D eigenvalue weighted by Gasteiger charge is -2.33. The van der Waals surface area contributed by atoms with Crippen LogP contribution >= 0.6 is 12.4 Å². The van der Waals surface area contributed by atoms with Crippen LogP contribution in [0.3, 0.4) is 0 Å². The number of carbonyl (C=O) groups is 2. The minimum Gasteiger partial charge on any atom is -0.356 e. The molecule has 2 aliphatic rings. The number of hydrogen-bond acceptors (Lipinski definition) is 3. The molecule has 1 saturated heterocycles. The van der Waals surface area contributed by atoms with Crippen molar-refractivity contribution in [3.63, 3.8) is 0 Å². The third-order valence-corrected chi connectivity index (χ3v) is 4.30. The standard InChI is InChI=1S/C17H21N3O2.ClH/c1-12(21)20-7-6-14-4-2-3-5-15(14)16(20)8-17(22)19-11-13-9-18-10-13;/h2-7,13,16,18H,8-11H2,1H3,(H,19,22);1H.